The number of carbonyl (C=O) groups excluding carboxylic acids is 1. The lowest BCUT2D eigenvalue weighted by molar-refractivity contribution is 0.0995. The van der Waals surface area contributed by atoms with Gasteiger partial charge in [-0.3, -0.25) is 4.79 Å². The van der Waals surface area contributed by atoms with E-state index >= 15 is 0 Å². The number of benzene rings is 1. The number of rotatable bonds is 4. The SMILES string of the molecule is CC(Nc1nc(C(N)=O)ccc1N)c1ccc(Br)cc1. The fourth-order valence-corrected chi connectivity index (χ4v) is 2.03. The van der Waals surface area contributed by atoms with Gasteiger partial charge in [-0.2, -0.15) is 0 Å². The van der Waals surface area contributed by atoms with Gasteiger partial charge >= 0.3 is 0 Å². The molecule has 0 aliphatic heterocycles. The predicted molar refractivity (Wildman–Crippen MR) is 83.3 cm³/mol. The van der Waals surface area contributed by atoms with Gasteiger partial charge in [-0.1, -0.05) is 28.1 Å². The number of nitrogens with two attached hydrogens (primary N) is 2. The van der Waals surface area contributed by atoms with E-state index in [-0.39, 0.29) is 11.7 Å². The van der Waals surface area contributed by atoms with Crippen LogP contribution in [-0.4, -0.2) is 10.9 Å². The molecule has 0 aliphatic rings. The number of nitrogens with zero attached hydrogens (tertiary/aromatic N) is 1. The lowest BCUT2D eigenvalue weighted by atomic mass is 10.1. The molecule has 20 heavy (non-hydrogen) atoms. The maximum atomic E-state index is 11.1. The van der Waals surface area contributed by atoms with Gasteiger partial charge in [0.2, 0.25) is 0 Å². The van der Waals surface area contributed by atoms with Crippen molar-refractivity contribution in [1.29, 1.82) is 0 Å². The molecule has 2 aromatic rings. The van der Waals surface area contributed by atoms with Crippen LogP contribution in [0.2, 0.25) is 0 Å². The molecule has 0 bridgehead atoms. The Bertz CT molecular complexity index is 628. The smallest absolute Gasteiger partial charge is 0.267 e. The van der Waals surface area contributed by atoms with Crippen LogP contribution < -0.4 is 16.8 Å². The number of hydrogen-bond acceptors (Lipinski definition) is 4. The highest BCUT2D eigenvalue weighted by Gasteiger charge is 2.11. The number of halogens is 1. The van der Waals surface area contributed by atoms with Crippen LogP contribution in [0.15, 0.2) is 40.9 Å². The molecule has 6 heteroatoms. The summed E-state index contributed by atoms with van der Waals surface area (Å²) in [6, 6.07) is 11.0. The Labute approximate surface area is 125 Å². The number of aromatic nitrogens is 1. The molecule has 1 amide bonds. The normalized spacial score (nSPS) is 11.9. The third-order valence-corrected chi connectivity index (χ3v) is 3.43. The highest BCUT2D eigenvalue weighted by molar-refractivity contribution is 9.10. The fourth-order valence-electron chi connectivity index (χ4n) is 1.76. The average molecular weight is 335 g/mol. The summed E-state index contributed by atoms with van der Waals surface area (Å²) < 4.78 is 1.02. The molecule has 0 aliphatic carbocycles. The molecule has 1 heterocycles. The van der Waals surface area contributed by atoms with Crippen LogP contribution in [0.3, 0.4) is 0 Å². The molecule has 0 spiro atoms. The highest BCUT2D eigenvalue weighted by Crippen LogP contribution is 2.23. The monoisotopic (exact) mass is 334 g/mol. The second kappa shape index (κ2) is 5.92. The molecule has 1 atom stereocenters. The van der Waals surface area contributed by atoms with Crippen molar-refractivity contribution < 1.29 is 4.79 Å². The Hall–Kier alpha value is -2.08. The maximum absolute atomic E-state index is 11.1. The minimum Gasteiger partial charge on any atom is -0.396 e. The van der Waals surface area contributed by atoms with Crippen LogP contribution in [0.5, 0.6) is 0 Å². The van der Waals surface area contributed by atoms with Crippen molar-refractivity contribution in [2.45, 2.75) is 13.0 Å². The molecule has 5 N–H and O–H groups in total. The Morgan fingerprint density at radius 2 is 1.90 bits per heavy atom. The van der Waals surface area contributed by atoms with E-state index in [4.69, 9.17) is 11.5 Å². The molecule has 1 aromatic heterocycles. The minimum absolute atomic E-state index is 0.000950. The topological polar surface area (TPSA) is 94.0 Å². The number of primary amides is 1. The fraction of sp³-hybridized carbons (Fsp3) is 0.143. The van der Waals surface area contributed by atoms with Gasteiger partial charge in [0.15, 0.2) is 5.82 Å². The summed E-state index contributed by atoms with van der Waals surface area (Å²) >= 11 is 3.39. The summed E-state index contributed by atoms with van der Waals surface area (Å²) in [4.78, 5) is 15.3. The first-order chi connectivity index (χ1) is 9.47. The molecule has 104 valence electrons. The van der Waals surface area contributed by atoms with E-state index < -0.39 is 5.91 Å². The Kier molecular flexibility index (Phi) is 4.24. The van der Waals surface area contributed by atoms with Gasteiger partial charge in [0.05, 0.1) is 11.7 Å². The van der Waals surface area contributed by atoms with E-state index in [0.717, 1.165) is 10.0 Å². The molecule has 2 rings (SSSR count). The summed E-state index contributed by atoms with van der Waals surface area (Å²) in [5.74, 6) is -0.124. The quantitative estimate of drug-likeness (QED) is 0.801. The van der Waals surface area contributed by atoms with Gasteiger partial charge in [-0.15, -0.1) is 0 Å². The molecular weight excluding hydrogens is 320 g/mol. The second-order valence-electron chi connectivity index (χ2n) is 4.42. The summed E-state index contributed by atoms with van der Waals surface area (Å²) in [5.41, 5.74) is 12.8. The van der Waals surface area contributed by atoms with Crippen LogP contribution >= 0.6 is 15.9 Å². The molecule has 0 saturated carbocycles. The zero-order valence-corrected chi connectivity index (χ0v) is 12.5. The van der Waals surface area contributed by atoms with E-state index in [1.165, 1.54) is 6.07 Å². The van der Waals surface area contributed by atoms with Crippen LogP contribution in [0.25, 0.3) is 0 Å². The lowest BCUT2D eigenvalue weighted by Crippen LogP contribution is -2.16. The van der Waals surface area contributed by atoms with Gasteiger partial charge in [0.1, 0.15) is 5.69 Å². The van der Waals surface area contributed by atoms with Crippen LogP contribution in [0.4, 0.5) is 11.5 Å². The standard InChI is InChI=1S/C14H15BrN4O/c1-8(9-2-4-10(15)5-3-9)18-14-11(16)6-7-12(19-14)13(17)20/h2-8H,16H2,1H3,(H2,17,20)(H,18,19). The van der Waals surface area contributed by atoms with Crippen molar-refractivity contribution in [1.82, 2.24) is 4.98 Å². The largest absolute Gasteiger partial charge is 0.396 e. The van der Waals surface area contributed by atoms with Crippen molar-refractivity contribution in [3.63, 3.8) is 0 Å². The number of anilines is 2. The number of hydrogen-bond donors (Lipinski definition) is 3. The summed E-state index contributed by atoms with van der Waals surface area (Å²) in [7, 11) is 0. The summed E-state index contributed by atoms with van der Waals surface area (Å²) in [6.45, 7) is 1.99. The van der Waals surface area contributed by atoms with Crippen LogP contribution in [-0.2, 0) is 0 Å². The third-order valence-electron chi connectivity index (χ3n) is 2.90. The number of pyridine rings is 1. The van der Waals surface area contributed by atoms with Crippen molar-refractivity contribution in [3.8, 4) is 0 Å². The Balaban J connectivity index is 2.22. The Morgan fingerprint density at radius 1 is 1.25 bits per heavy atom. The van der Waals surface area contributed by atoms with Gasteiger partial charge in [0.25, 0.3) is 5.91 Å². The number of nitrogen functional groups attached to an aromatic ring is 1. The van der Waals surface area contributed by atoms with Gasteiger partial charge in [0, 0.05) is 4.47 Å². The molecular formula is C14H15BrN4O. The molecule has 1 aromatic carbocycles. The van der Waals surface area contributed by atoms with Crippen molar-refractivity contribution in [2.24, 2.45) is 5.73 Å². The predicted octanol–water partition coefficient (Wildman–Crippen LogP) is 2.70. The first-order valence-electron chi connectivity index (χ1n) is 6.05. The van der Waals surface area contributed by atoms with E-state index in [2.05, 4.69) is 26.2 Å². The minimum atomic E-state index is -0.579. The van der Waals surface area contributed by atoms with E-state index in [0.29, 0.717) is 11.5 Å². The lowest BCUT2D eigenvalue weighted by Gasteiger charge is -2.16. The van der Waals surface area contributed by atoms with E-state index in [1.807, 2.05) is 31.2 Å². The van der Waals surface area contributed by atoms with Gasteiger partial charge < -0.3 is 16.8 Å². The van der Waals surface area contributed by atoms with Crippen molar-refractivity contribution in [2.75, 3.05) is 11.1 Å². The molecule has 0 radical (unpaired) electrons. The zero-order valence-electron chi connectivity index (χ0n) is 10.9. The summed E-state index contributed by atoms with van der Waals surface area (Å²) in [6.07, 6.45) is 0. The van der Waals surface area contributed by atoms with Crippen LogP contribution in [0.1, 0.15) is 29.0 Å². The molecule has 0 saturated heterocycles. The molecule has 5 nitrogen and oxygen atoms in total. The summed E-state index contributed by atoms with van der Waals surface area (Å²) in [5, 5.41) is 3.18. The third kappa shape index (κ3) is 3.27. The number of nitrogens with one attached hydrogen (secondary N) is 1. The Morgan fingerprint density at radius 3 is 2.50 bits per heavy atom. The van der Waals surface area contributed by atoms with E-state index in [1.54, 1.807) is 6.07 Å². The van der Waals surface area contributed by atoms with Crippen molar-refractivity contribution in [3.05, 3.63) is 52.1 Å². The number of amides is 1. The van der Waals surface area contributed by atoms with Crippen molar-refractivity contribution >= 4 is 33.3 Å². The average Bonchev–Trinajstić information content (AvgIpc) is 2.41. The highest BCUT2D eigenvalue weighted by atomic mass is 79.9. The van der Waals surface area contributed by atoms with Gasteiger partial charge in [-0.25, -0.2) is 4.98 Å². The van der Waals surface area contributed by atoms with E-state index in [9.17, 15) is 4.79 Å². The molecule has 0 fully saturated rings. The van der Waals surface area contributed by atoms with Gasteiger partial charge in [-0.05, 0) is 36.8 Å². The first kappa shape index (κ1) is 14.3. The van der Waals surface area contributed by atoms with Crippen LogP contribution in [0, 0.1) is 0 Å². The first-order valence-corrected chi connectivity index (χ1v) is 6.85. The maximum Gasteiger partial charge on any atom is 0.267 e. The molecule has 1 unspecified atom stereocenters. The zero-order chi connectivity index (χ0) is 14.7. The second-order valence-corrected chi connectivity index (χ2v) is 5.33. The number of carbonyl (C=O) groups is 1.